The van der Waals surface area contributed by atoms with Crippen LogP contribution in [0.25, 0.3) is 6.08 Å². The van der Waals surface area contributed by atoms with E-state index in [1.54, 1.807) is 0 Å². The molecule has 0 unspecified atom stereocenters. The lowest BCUT2D eigenvalue weighted by atomic mass is 10.0. The average Bonchev–Trinajstić information content (AvgIpc) is 2.02. The van der Waals surface area contributed by atoms with Gasteiger partial charge in [-0.25, -0.2) is 0 Å². The minimum absolute atomic E-state index is 1.22. The maximum atomic E-state index is 2.27. The fraction of sp³-hybridized carbons (Fsp3) is 0.273. The molecule has 1 aliphatic rings. The molecule has 1 aromatic carbocycles. The molecule has 1 aliphatic carbocycles. The SMILES string of the molecule is C1=C\c2cccc(c2)CCC/1. The monoisotopic (exact) mass is 144 g/mol. The van der Waals surface area contributed by atoms with Crippen LogP contribution in [-0.4, -0.2) is 0 Å². The first-order valence-electron chi connectivity index (χ1n) is 4.21. The average molecular weight is 144 g/mol. The third-order valence-corrected chi connectivity index (χ3v) is 2.10. The number of hydrogen-bond donors (Lipinski definition) is 0. The zero-order chi connectivity index (χ0) is 7.52. The van der Waals surface area contributed by atoms with E-state index in [0.29, 0.717) is 0 Å². The van der Waals surface area contributed by atoms with Crippen LogP contribution in [0.1, 0.15) is 24.0 Å². The maximum Gasteiger partial charge on any atom is -0.0257 e. The fourth-order valence-electron chi connectivity index (χ4n) is 1.50. The standard InChI is InChI=1S/C11H12/c1-2-5-10-7-4-8-11(9-10)6-3-1/h2,4-5,7-9H,1,3,6H2/b5-2-. The zero-order valence-electron chi connectivity index (χ0n) is 6.59. The van der Waals surface area contributed by atoms with E-state index in [9.17, 15) is 0 Å². The summed E-state index contributed by atoms with van der Waals surface area (Å²) in [5, 5.41) is 0. The minimum atomic E-state index is 1.22. The van der Waals surface area contributed by atoms with E-state index in [2.05, 4.69) is 36.4 Å². The van der Waals surface area contributed by atoms with Crippen molar-refractivity contribution in [2.24, 2.45) is 0 Å². The molecular formula is C11H12. The van der Waals surface area contributed by atoms with Crippen LogP contribution in [0.15, 0.2) is 30.3 Å². The van der Waals surface area contributed by atoms with E-state index >= 15 is 0 Å². The van der Waals surface area contributed by atoms with Crippen LogP contribution in [0.3, 0.4) is 0 Å². The van der Waals surface area contributed by atoms with Gasteiger partial charge in [-0.1, -0.05) is 36.4 Å². The van der Waals surface area contributed by atoms with Crippen molar-refractivity contribution in [1.29, 1.82) is 0 Å². The lowest BCUT2D eigenvalue weighted by Crippen LogP contribution is -1.87. The molecular weight excluding hydrogens is 132 g/mol. The second-order valence-electron chi connectivity index (χ2n) is 3.04. The Morgan fingerprint density at radius 3 is 3.18 bits per heavy atom. The van der Waals surface area contributed by atoms with E-state index < -0.39 is 0 Å². The summed E-state index contributed by atoms with van der Waals surface area (Å²) >= 11 is 0. The Morgan fingerprint density at radius 2 is 2.18 bits per heavy atom. The highest BCUT2D eigenvalue weighted by Crippen LogP contribution is 2.13. The summed E-state index contributed by atoms with van der Waals surface area (Å²) in [6, 6.07) is 8.78. The van der Waals surface area contributed by atoms with E-state index in [1.807, 2.05) is 0 Å². The van der Waals surface area contributed by atoms with Crippen molar-refractivity contribution in [1.82, 2.24) is 0 Å². The van der Waals surface area contributed by atoms with Gasteiger partial charge in [0.25, 0.3) is 0 Å². The Hall–Kier alpha value is -1.04. The summed E-state index contributed by atoms with van der Waals surface area (Å²) in [4.78, 5) is 0. The van der Waals surface area contributed by atoms with Crippen molar-refractivity contribution in [3.8, 4) is 0 Å². The molecule has 2 bridgehead atoms. The van der Waals surface area contributed by atoms with E-state index in [-0.39, 0.29) is 0 Å². The van der Waals surface area contributed by atoms with Gasteiger partial charge in [-0.3, -0.25) is 0 Å². The Labute approximate surface area is 67.6 Å². The van der Waals surface area contributed by atoms with Gasteiger partial charge in [0.05, 0.1) is 0 Å². The Bertz CT molecular complexity index is 271. The molecule has 0 fully saturated rings. The number of hydrogen-bond acceptors (Lipinski definition) is 0. The molecule has 0 saturated carbocycles. The van der Waals surface area contributed by atoms with Crippen LogP contribution in [0.5, 0.6) is 0 Å². The number of fused-ring (bicyclic) bond motifs is 2. The molecule has 0 aliphatic heterocycles. The molecule has 2 rings (SSSR count). The minimum Gasteiger partial charge on any atom is -0.0839 e. The second-order valence-corrected chi connectivity index (χ2v) is 3.04. The van der Waals surface area contributed by atoms with Gasteiger partial charge in [-0.15, -0.1) is 0 Å². The summed E-state index contributed by atoms with van der Waals surface area (Å²) in [5.41, 5.74) is 2.83. The summed E-state index contributed by atoms with van der Waals surface area (Å²) in [5.74, 6) is 0. The molecule has 0 amide bonds. The number of aryl methyl sites for hydroxylation is 1. The quantitative estimate of drug-likeness (QED) is 0.525. The molecule has 0 heteroatoms. The summed E-state index contributed by atoms with van der Waals surface area (Å²) < 4.78 is 0. The van der Waals surface area contributed by atoms with Gasteiger partial charge in [0, 0.05) is 0 Å². The smallest absolute Gasteiger partial charge is 0.0257 e. The molecule has 0 spiro atoms. The number of allylic oxidation sites excluding steroid dienone is 1. The van der Waals surface area contributed by atoms with Crippen molar-refractivity contribution in [2.45, 2.75) is 19.3 Å². The van der Waals surface area contributed by atoms with Gasteiger partial charge in [-0.05, 0) is 30.4 Å². The van der Waals surface area contributed by atoms with Gasteiger partial charge in [0.1, 0.15) is 0 Å². The summed E-state index contributed by atoms with van der Waals surface area (Å²) in [6.07, 6.45) is 8.22. The third-order valence-electron chi connectivity index (χ3n) is 2.10. The van der Waals surface area contributed by atoms with Crippen molar-refractivity contribution < 1.29 is 0 Å². The first-order chi connectivity index (χ1) is 5.45. The predicted octanol–water partition coefficient (Wildman–Crippen LogP) is 3.04. The van der Waals surface area contributed by atoms with Gasteiger partial charge in [0.15, 0.2) is 0 Å². The molecule has 0 radical (unpaired) electrons. The molecule has 0 atom stereocenters. The molecule has 56 valence electrons. The van der Waals surface area contributed by atoms with E-state index in [4.69, 9.17) is 0 Å². The topological polar surface area (TPSA) is 0 Å². The molecule has 1 aromatic rings. The lowest BCUT2D eigenvalue weighted by Gasteiger charge is -2.04. The van der Waals surface area contributed by atoms with Crippen molar-refractivity contribution in [3.63, 3.8) is 0 Å². The predicted molar refractivity (Wildman–Crippen MR) is 48.4 cm³/mol. The molecule has 0 aromatic heterocycles. The third kappa shape index (κ3) is 1.51. The first kappa shape index (κ1) is 6.66. The van der Waals surface area contributed by atoms with Crippen LogP contribution in [0.4, 0.5) is 0 Å². The normalized spacial score (nSPS) is 18.5. The lowest BCUT2D eigenvalue weighted by molar-refractivity contribution is 0.841. The van der Waals surface area contributed by atoms with Gasteiger partial charge in [-0.2, -0.15) is 0 Å². The number of benzene rings is 1. The van der Waals surface area contributed by atoms with Crippen molar-refractivity contribution >= 4 is 6.08 Å². The molecule has 0 nitrogen and oxygen atoms in total. The van der Waals surface area contributed by atoms with Crippen molar-refractivity contribution in [3.05, 3.63) is 41.5 Å². The highest BCUT2D eigenvalue weighted by atomic mass is 14.0. The first-order valence-corrected chi connectivity index (χ1v) is 4.21. The Balaban J connectivity index is 2.42. The van der Waals surface area contributed by atoms with Crippen LogP contribution in [-0.2, 0) is 6.42 Å². The Kier molecular flexibility index (Phi) is 1.76. The van der Waals surface area contributed by atoms with Gasteiger partial charge in [0.2, 0.25) is 0 Å². The highest BCUT2D eigenvalue weighted by Gasteiger charge is 1.96. The molecule has 0 saturated heterocycles. The fourth-order valence-corrected chi connectivity index (χ4v) is 1.50. The van der Waals surface area contributed by atoms with Gasteiger partial charge >= 0.3 is 0 Å². The van der Waals surface area contributed by atoms with Crippen LogP contribution in [0.2, 0.25) is 0 Å². The van der Waals surface area contributed by atoms with Crippen LogP contribution in [0, 0.1) is 0 Å². The molecule has 11 heavy (non-hydrogen) atoms. The summed E-state index contributed by atoms with van der Waals surface area (Å²) in [6.45, 7) is 0. The van der Waals surface area contributed by atoms with Gasteiger partial charge < -0.3 is 0 Å². The van der Waals surface area contributed by atoms with E-state index in [1.165, 1.54) is 30.4 Å². The zero-order valence-corrected chi connectivity index (χ0v) is 6.59. The van der Waals surface area contributed by atoms with Crippen molar-refractivity contribution in [2.75, 3.05) is 0 Å². The van der Waals surface area contributed by atoms with E-state index in [0.717, 1.165) is 0 Å². The highest BCUT2D eigenvalue weighted by molar-refractivity contribution is 5.50. The molecule has 0 heterocycles. The van der Waals surface area contributed by atoms with Crippen LogP contribution >= 0.6 is 0 Å². The largest absolute Gasteiger partial charge is 0.0839 e. The van der Waals surface area contributed by atoms with Crippen LogP contribution < -0.4 is 0 Å². The number of rotatable bonds is 0. The summed E-state index contributed by atoms with van der Waals surface area (Å²) in [7, 11) is 0. The Morgan fingerprint density at radius 1 is 1.18 bits per heavy atom. The second kappa shape index (κ2) is 2.91. The maximum absolute atomic E-state index is 2.27. The molecule has 0 N–H and O–H groups in total.